The highest BCUT2D eigenvalue weighted by Gasteiger charge is 2.36. The summed E-state index contributed by atoms with van der Waals surface area (Å²) in [6.45, 7) is 4.74. The van der Waals surface area contributed by atoms with Crippen molar-refractivity contribution in [1.29, 1.82) is 0 Å². The first-order valence-electron chi connectivity index (χ1n) is 6.40. The lowest BCUT2D eigenvalue weighted by Crippen LogP contribution is -2.33. The minimum atomic E-state index is 0.671. The van der Waals surface area contributed by atoms with Crippen LogP contribution >= 0.6 is 0 Å². The quantitative estimate of drug-likeness (QED) is 0.817. The molecule has 86 valence electrons. The number of nitrogens with one attached hydrogen (secondary N) is 1. The molecule has 1 aromatic rings. The van der Waals surface area contributed by atoms with Crippen LogP contribution in [0.1, 0.15) is 24.8 Å². The maximum absolute atomic E-state index is 3.70. The highest BCUT2D eigenvalue weighted by atomic mass is 15.2. The Morgan fingerprint density at radius 1 is 1.12 bits per heavy atom. The van der Waals surface area contributed by atoms with Gasteiger partial charge in [0.05, 0.1) is 0 Å². The summed E-state index contributed by atoms with van der Waals surface area (Å²) in [5.74, 6) is 0. The van der Waals surface area contributed by atoms with E-state index in [9.17, 15) is 0 Å². The minimum absolute atomic E-state index is 0.671. The van der Waals surface area contributed by atoms with Gasteiger partial charge in [-0.25, -0.2) is 0 Å². The van der Waals surface area contributed by atoms with E-state index in [0.29, 0.717) is 6.04 Å². The molecule has 2 aliphatic heterocycles. The summed E-state index contributed by atoms with van der Waals surface area (Å²) in [5, 5.41) is 3.70. The molecule has 0 bridgehead atoms. The lowest BCUT2D eigenvalue weighted by Gasteiger charge is -2.22. The van der Waals surface area contributed by atoms with Gasteiger partial charge < -0.3 is 5.32 Å². The van der Waals surface area contributed by atoms with Gasteiger partial charge in [0.15, 0.2) is 0 Å². The fourth-order valence-corrected chi connectivity index (χ4v) is 3.11. The van der Waals surface area contributed by atoms with Crippen molar-refractivity contribution < 1.29 is 0 Å². The van der Waals surface area contributed by atoms with Crippen LogP contribution in [0.15, 0.2) is 24.3 Å². The van der Waals surface area contributed by atoms with Crippen LogP contribution in [0.2, 0.25) is 0 Å². The smallest absolute Gasteiger partial charge is 0.0429 e. The monoisotopic (exact) mass is 216 g/mol. The van der Waals surface area contributed by atoms with Crippen molar-refractivity contribution in [1.82, 2.24) is 4.90 Å². The second kappa shape index (κ2) is 4.10. The number of fused-ring (bicyclic) bond motifs is 1. The maximum atomic E-state index is 3.70. The van der Waals surface area contributed by atoms with Crippen molar-refractivity contribution in [3.8, 4) is 0 Å². The molecule has 2 heteroatoms. The largest absolute Gasteiger partial charge is 0.381 e. The van der Waals surface area contributed by atoms with Gasteiger partial charge in [0, 0.05) is 24.3 Å². The molecule has 2 atom stereocenters. The van der Waals surface area contributed by atoms with E-state index in [0.717, 1.165) is 6.04 Å². The lowest BCUT2D eigenvalue weighted by molar-refractivity contribution is 0.318. The standard InChI is InChI=1S/C14H20N2/c1-11-4-6-12(7-5-11)15-13-8-10-16-9-2-3-14(13)16/h4-7,13-15H,2-3,8-10H2,1H3. The molecule has 2 nitrogen and oxygen atoms in total. The van der Waals surface area contributed by atoms with Gasteiger partial charge in [-0.15, -0.1) is 0 Å². The molecule has 2 aliphatic rings. The third-order valence-electron chi connectivity index (χ3n) is 4.01. The Kier molecular flexibility index (Phi) is 2.60. The van der Waals surface area contributed by atoms with Crippen LogP contribution in [-0.4, -0.2) is 30.1 Å². The third kappa shape index (κ3) is 1.82. The summed E-state index contributed by atoms with van der Waals surface area (Å²) >= 11 is 0. The highest BCUT2D eigenvalue weighted by molar-refractivity contribution is 5.45. The molecule has 0 aromatic heterocycles. The van der Waals surface area contributed by atoms with Gasteiger partial charge in [-0.05, 0) is 44.9 Å². The fourth-order valence-electron chi connectivity index (χ4n) is 3.11. The molecular weight excluding hydrogens is 196 g/mol. The van der Waals surface area contributed by atoms with E-state index in [-0.39, 0.29) is 0 Å². The predicted octanol–water partition coefficient (Wildman–Crippen LogP) is 2.64. The van der Waals surface area contributed by atoms with Crippen molar-refractivity contribution in [2.24, 2.45) is 0 Å². The average Bonchev–Trinajstić information content (AvgIpc) is 2.86. The normalized spacial score (nSPS) is 29.3. The minimum Gasteiger partial charge on any atom is -0.381 e. The second-order valence-corrected chi connectivity index (χ2v) is 5.15. The number of nitrogens with zero attached hydrogens (tertiary/aromatic N) is 1. The van der Waals surface area contributed by atoms with Crippen molar-refractivity contribution in [3.05, 3.63) is 29.8 Å². The zero-order valence-corrected chi connectivity index (χ0v) is 9.95. The van der Waals surface area contributed by atoms with Gasteiger partial charge in [-0.2, -0.15) is 0 Å². The summed E-state index contributed by atoms with van der Waals surface area (Å²) in [6, 6.07) is 10.2. The zero-order valence-electron chi connectivity index (χ0n) is 9.95. The molecular formula is C14H20N2. The summed E-state index contributed by atoms with van der Waals surface area (Å²) in [6.07, 6.45) is 4.07. The van der Waals surface area contributed by atoms with E-state index < -0.39 is 0 Å². The molecule has 0 spiro atoms. The van der Waals surface area contributed by atoms with Crippen LogP contribution < -0.4 is 5.32 Å². The number of hydrogen-bond acceptors (Lipinski definition) is 2. The Labute approximate surface area is 97.6 Å². The van der Waals surface area contributed by atoms with Crippen molar-refractivity contribution in [2.75, 3.05) is 18.4 Å². The van der Waals surface area contributed by atoms with E-state index in [2.05, 4.69) is 41.4 Å². The molecule has 16 heavy (non-hydrogen) atoms. The van der Waals surface area contributed by atoms with E-state index in [4.69, 9.17) is 0 Å². The average molecular weight is 216 g/mol. The fraction of sp³-hybridized carbons (Fsp3) is 0.571. The summed E-state index contributed by atoms with van der Waals surface area (Å²) in [7, 11) is 0. The number of aryl methyl sites for hydroxylation is 1. The second-order valence-electron chi connectivity index (χ2n) is 5.15. The van der Waals surface area contributed by atoms with Gasteiger partial charge in [0.1, 0.15) is 0 Å². The van der Waals surface area contributed by atoms with Gasteiger partial charge >= 0.3 is 0 Å². The lowest BCUT2D eigenvalue weighted by atomic mass is 10.1. The number of rotatable bonds is 2. The predicted molar refractivity (Wildman–Crippen MR) is 67.8 cm³/mol. The summed E-state index contributed by atoms with van der Waals surface area (Å²) < 4.78 is 0. The van der Waals surface area contributed by atoms with Crippen molar-refractivity contribution in [2.45, 2.75) is 38.3 Å². The van der Waals surface area contributed by atoms with E-state index in [1.165, 1.54) is 43.6 Å². The van der Waals surface area contributed by atoms with Crippen LogP contribution in [0.4, 0.5) is 5.69 Å². The Morgan fingerprint density at radius 3 is 2.75 bits per heavy atom. The third-order valence-corrected chi connectivity index (χ3v) is 4.01. The SMILES string of the molecule is Cc1ccc(NC2CCN3CCCC23)cc1. The van der Waals surface area contributed by atoms with E-state index >= 15 is 0 Å². The number of anilines is 1. The van der Waals surface area contributed by atoms with Crippen molar-refractivity contribution >= 4 is 5.69 Å². The molecule has 3 rings (SSSR count). The molecule has 2 saturated heterocycles. The first-order valence-corrected chi connectivity index (χ1v) is 6.40. The molecule has 0 aliphatic carbocycles. The topological polar surface area (TPSA) is 15.3 Å². The van der Waals surface area contributed by atoms with Crippen LogP contribution in [0, 0.1) is 6.92 Å². The molecule has 0 saturated carbocycles. The first-order chi connectivity index (χ1) is 7.83. The van der Waals surface area contributed by atoms with Crippen molar-refractivity contribution in [3.63, 3.8) is 0 Å². The van der Waals surface area contributed by atoms with Crippen LogP contribution in [0.5, 0.6) is 0 Å². The van der Waals surface area contributed by atoms with Gasteiger partial charge in [0.25, 0.3) is 0 Å². The number of hydrogen-bond donors (Lipinski definition) is 1. The molecule has 2 fully saturated rings. The Balaban J connectivity index is 1.68. The molecule has 0 amide bonds. The van der Waals surface area contributed by atoms with E-state index in [1.807, 2.05) is 0 Å². The molecule has 1 N–H and O–H groups in total. The van der Waals surface area contributed by atoms with Crippen LogP contribution in [-0.2, 0) is 0 Å². The highest BCUT2D eigenvalue weighted by Crippen LogP contribution is 2.30. The molecule has 2 heterocycles. The van der Waals surface area contributed by atoms with Gasteiger partial charge in [0.2, 0.25) is 0 Å². The van der Waals surface area contributed by atoms with Crippen LogP contribution in [0.3, 0.4) is 0 Å². The van der Waals surface area contributed by atoms with Gasteiger partial charge in [-0.3, -0.25) is 4.90 Å². The Bertz CT molecular complexity index is 358. The molecule has 0 radical (unpaired) electrons. The summed E-state index contributed by atoms with van der Waals surface area (Å²) in [4.78, 5) is 2.64. The van der Waals surface area contributed by atoms with Crippen LogP contribution in [0.25, 0.3) is 0 Å². The first kappa shape index (κ1) is 10.2. The summed E-state index contributed by atoms with van der Waals surface area (Å²) in [5.41, 5.74) is 2.61. The Morgan fingerprint density at radius 2 is 1.94 bits per heavy atom. The van der Waals surface area contributed by atoms with E-state index in [1.54, 1.807) is 0 Å². The number of benzene rings is 1. The maximum Gasteiger partial charge on any atom is 0.0429 e. The molecule has 1 aromatic carbocycles. The zero-order chi connectivity index (χ0) is 11.0. The van der Waals surface area contributed by atoms with Gasteiger partial charge in [-0.1, -0.05) is 17.7 Å². The Hall–Kier alpha value is -1.02. The molecule has 2 unspecified atom stereocenters.